The van der Waals surface area contributed by atoms with Crippen molar-refractivity contribution in [3.63, 3.8) is 0 Å². The van der Waals surface area contributed by atoms with Crippen LogP contribution in [0.25, 0.3) is 0 Å². The molecule has 1 aromatic carbocycles. The van der Waals surface area contributed by atoms with Gasteiger partial charge in [0.2, 0.25) is 0 Å². The van der Waals surface area contributed by atoms with Crippen molar-refractivity contribution in [1.29, 1.82) is 0 Å². The molecule has 1 aromatic rings. The van der Waals surface area contributed by atoms with Crippen LogP contribution in [0.5, 0.6) is 0 Å². The Balaban J connectivity index is 0.00000180. The summed E-state index contributed by atoms with van der Waals surface area (Å²) in [4.78, 5) is 2.33. The predicted octanol–water partition coefficient (Wildman–Crippen LogP) is 1.88. The maximum atomic E-state index is 13.4. The van der Waals surface area contributed by atoms with Crippen molar-refractivity contribution in [2.24, 2.45) is 0 Å². The lowest BCUT2D eigenvalue weighted by atomic mass is 9.97. The Hall–Kier alpha value is -0.680. The molecule has 0 radical (unpaired) electrons. The zero-order valence-electron chi connectivity index (χ0n) is 11.2. The first kappa shape index (κ1) is 16.4. The van der Waals surface area contributed by atoms with Gasteiger partial charge in [-0.3, -0.25) is 4.90 Å². The first-order valence-corrected chi connectivity index (χ1v) is 6.54. The molecule has 0 amide bonds. The molecule has 1 heterocycles. The summed E-state index contributed by atoms with van der Waals surface area (Å²) in [6.07, 6.45) is 0.657. The molecule has 2 N–H and O–H groups in total. The lowest BCUT2D eigenvalue weighted by Gasteiger charge is -2.35. The first-order valence-electron chi connectivity index (χ1n) is 6.54. The van der Waals surface area contributed by atoms with Gasteiger partial charge in [-0.2, -0.15) is 0 Å². The van der Waals surface area contributed by atoms with Crippen molar-refractivity contribution in [3.8, 4) is 0 Å². The Bertz CT molecular complexity index is 397. The minimum Gasteiger partial charge on any atom is -0.396 e. The van der Waals surface area contributed by atoms with Gasteiger partial charge in [0.15, 0.2) is 0 Å². The van der Waals surface area contributed by atoms with E-state index < -0.39 is 0 Å². The van der Waals surface area contributed by atoms with Crippen LogP contribution >= 0.6 is 12.4 Å². The maximum absolute atomic E-state index is 13.4. The highest BCUT2D eigenvalue weighted by atomic mass is 35.5. The summed E-state index contributed by atoms with van der Waals surface area (Å²) in [5.74, 6) is -0.200. The topological polar surface area (TPSA) is 35.5 Å². The zero-order valence-corrected chi connectivity index (χ0v) is 12.0. The summed E-state index contributed by atoms with van der Waals surface area (Å²) >= 11 is 0. The van der Waals surface area contributed by atoms with E-state index in [4.69, 9.17) is 0 Å². The van der Waals surface area contributed by atoms with Crippen molar-refractivity contribution < 1.29 is 9.50 Å². The van der Waals surface area contributed by atoms with E-state index in [2.05, 4.69) is 10.2 Å². The molecule has 1 fully saturated rings. The van der Waals surface area contributed by atoms with Crippen LogP contribution in [0.2, 0.25) is 0 Å². The van der Waals surface area contributed by atoms with Crippen LogP contribution in [0.15, 0.2) is 18.2 Å². The van der Waals surface area contributed by atoms with Crippen LogP contribution in [0.1, 0.15) is 23.6 Å². The third-order valence-electron chi connectivity index (χ3n) is 3.60. The number of aryl methyl sites for hydroxylation is 1. The molecule has 5 heteroatoms. The van der Waals surface area contributed by atoms with Crippen LogP contribution in [-0.2, 0) is 0 Å². The number of benzene rings is 1. The summed E-state index contributed by atoms with van der Waals surface area (Å²) in [7, 11) is 0. The molecule has 2 rings (SSSR count). The summed E-state index contributed by atoms with van der Waals surface area (Å²) in [6.45, 7) is 5.93. The molecule has 19 heavy (non-hydrogen) atoms. The van der Waals surface area contributed by atoms with Gasteiger partial charge in [0.1, 0.15) is 5.82 Å². The highest BCUT2D eigenvalue weighted by molar-refractivity contribution is 5.85. The fourth-order valence-corrected chi connectivity index (χ4v) is 2.62. The second kappa shape index (κ2) is 7.80. The number of halogens is 2. The fraction of sp³-hybridized carbons (Fsp3) is 0.571. The Labute approximate surface area is 120 Å². The second-order valence-corrected chi connectivity index (χ2v) is 4.81. The minimum atomic E-state index is -0.200. The maximum Gasteiger partial charge on any atom is 0.123 e. The Morgan fingerprint density at radius 3 is 2.68 bits per heavy atom. The van der Waals surface area contributed by atoms with Gasteiger partial charge in [0.25, 0.3) is 0 Å². The highest BCUT2D eigenvalue weighted by Gasteiger charge is 2.23. The molecule has 0 aromatic heterocycles. The van der Waals surface area contributed by atoms with Gasteiger partial charge in [-0.1, -0.05) is 6.07 Å². The van der Waals surface area contributed by atoms with Gasteiger partial charge in [-0.05, 0) is 36.6 Å². The number of nitrogens with one attached hydrogen (secondary N) is 1. The molecule has 0 unspecified atom stereocenters. The predicted molar refractivity (Wildman–Crippen MR) is 77.3 cm³/mol. The van der Waals surface area contributed by atoms with Crippen molar-refractivity contribution >= 4 is 12.4 Å². The molecular weight excluding hydrogens is 267 g/mol. The number of piperazine rings is 1. The van der Waals surface area contributed by atoms with Gasteiger partial charge < -0.3 is 10.4 Å². The standard InChI is InChI=1S/C14H21FN2O.ClH/c1-11-2-3-12(15)10-13(11)14(4-9-18)17-7-5-16-6-8-17;/h2-3,10,14,16,18H,4-9H2,1H3;1H/t14-;/m1./s1. The van der Waals surface area contributed by atoms with E-state index in [1.54, 1.807) is 6.07 Å². The van der Waals surface area contributed by atoms with E-state index in [1.165, 1.54) is 6.07 Å². The molecular formula is C14H22ClFN2O. The van der Waals surface area contributed by atoms with Gasteiger partial charge in [0.05, 0.1) is 0 Å². The van der Waals surface area contributed by atoms with Crippen LogP contribution in [-0.4, -0.2) is 42.8 Å². The average Bonchev–Trinajstić information content (AvgIpc) is 2.40. The molecule has 1 aliphatic heterocycles. The van der Waals surface area contributed by atoms with Crippen molar-refractivity contribution in [3.05, 3.63) is 35.1 Å². The third kappa shape index (κ3) is 4.14. The monoisotopic (exact) mass is 288 g/mol. The van der Waals surface area contributed by atoms with Crippen molar-refractivity contribution in [2.75, 3.05) is 32.8 Å². The number of nitrogens with zero attached hydrogens (tertiary/aromatic N) is 1. The first-order chi connectivity index (χ1) is 8.72. The third-order valence-corrected chi connectivity index (χ3v) is 3.60. The largest absolute Gasteiger partial charge is 0.396 e. The summed E-state index contributed by atoms with van der Waals surface area (Å²) in [6, 6.07) is 5.04. The molecule has 0 spiro atoms. The summed E-state index contributed by atoms with van der Waals surface area (Å²) < 4.78 is 13.4. The van der Waals surface area contributed by atoms with Crippen LogP contribution in [0.4, 0.5) is 4.39 Å². The smallest absolute Gasteiger partial charge is 0.123 e. The van der Waals surface area contributed by atoms with Crippen molar-refractivity contribution in [1.82, 2.24) is 10.2 Å². The van der Waals surface area contributed by atoms with E-state index in [-0.39, 0.29) is 30.9 Å². The molecule has 0 bridgehead atoms. The SMILES string of the molecule is Cc1ccc(F)cc1[C@@H](CCO)N1CCNCC1.Cl. The number of aliphatic hydroxyl groups is 1. The molecule has 1 atom stereocenters. The molecule has 1 saturated heterocycles. The lowest BCUT2D eigenvalue weighted by Crippen LogP contribution is -2.45. The minimum absolute atomic E-state index is 0. The van der Waals surface area contributed by atoms with E-state index in [0.29, 0.717) is 6.42 Å². The molecule has 0 saturated carbocycles. The van der Waals surface area contributed by atoms with E-state index >= 15 is 0 Å². The number of hydrogen-bond acceptors (Lipinski definition) is 3. The molecule has 0 aliphatic carbocycles. The van der Waals surface area contributed by atoms with E-state index in [9.17, 15) is 9.50 Å². The highest BCUT2D eigenvalue weighted by Crippen LogP contribution is 2.27. The quantitative estimate of drug-likeness (QED) is 0.888. The average molecular weight is 289 g/mol. The van der Waals surface area contributed by atoms with Crippen LogP contribution in [0, 0.1) is 12.7 Å². The molecule has 3 nitrogen and oxygen atoms in total. The van der Waals surface area contributed by atoms with Crippen LogP contribution in [0.3, 0.4) is 0 Å². The number of hydrogen-bond donors (Lipinski definition) is 2. The summed E-state index contributed by atoms with van der Waals surface area (Å²) in [5.41, 5.74) is 2.10. The number of rotatable bonds is 4. The number of aliphatic hydroxyl groups excluding tert-OH is 1. The molecule has 108 valence electrons. The summed E-state index contributed by atoms with van der Waals surface area (Å²) in [5, 5.41) is 12.6. The normalized spacial score (nSPS) is 17.8. The van der Waals surface area contributed by atoms with Gasteiger partial charge in [-0.25, -0.2) is 4.39 Å². The van der Waals surface area contributed by atoms with Crippen molar-refractivity contribution in [2.45, 2.75) is 19.4 Å². The van der Waals surface area contributed by atoms with E-state index in [1.807, 2.05) is 13.0 Å². The Morgan fingerprint density at radius 1 is 1.37 bits per heavy atom. The Morgan fingerprint density at radius 2 is 2.05 bits per heavy atom. The van der Waals surface area contributed by atoms with Gasteiger partial charge >= 0.3 is 0 Å². The van der Waals surface area contributed by atoms with Gasteiger partial charge in [0, 0.05) is 38.8 Å². The van der Waals surface area contributed by atoms with Crippen LogP contribution < -0.4 is 5.32 Å². The zero-order chi connectivity index (χ0) is 13.0. The molecule has 1 aliphatic rings. The fourth-order valence-electron chi connectivity index (χ4n) is 2.62. The Kier molecular flexibility index (Phi) is 6.72. The van der Waals surface area contributed by atoms with E-state index in [0.717, 1.165) is 37.3 Å². The van der Waals surface area contributed by atoms with Gasteiger partial charge in [-0.15, -0.1) is 12.4 Å². The lowest BCUT2D eigenvalue weighted by molar-refractivity contribution is 0.140. The second-order valence-electron chi connectivity index (χ2n) is 4.81.